The second-order valence-electron chi connectivity index (χ2n) is 3.06. The summed E-state index contributed by atoms with van der Waals surface area (Å²) in [5, 5.41) is 14.3. The quantitative estimate of drug-likeness (QED) is 0.443. The molecule has 0 radical (unpaired) electrons. The number of phenolic OH excluding ortho intramolecular Hbond substituents is 1. The summed E-state index contributed by atoms with van der Waals surface area (Å²) in [5.41, 5.74) is 0.0727. The molecule has 0 aromatic heterocycles. The SMILES string of the molecule is O=C(NCCCl)C(=O)Nc1cc(Cl)ccc1O. The minimum Gasteiger partial charge on any atom is -0.506 e. The lowest BCUT2D eigenvalue weighted by Gasteiger charge is -2.07. The first-order chi connectivity index (χ1) is 8.04. The fraction of sp³-hybridized carbons (Fsp3) is 0.200. The second-order valence-corrected chi connectivity index (χ2v) is 3.87. The van der Waals surface area contributed by atoms with E-state index in [0.29, 0.717) is 5.02 Å². The molecule has 0 bridgehead atoms. The lowest BCUT2D eigenvalue weighted by molar-refractivity contribution is -0.136. The smallest absolute Gasteiger partial charge is 0.313 e. The van der Waals surface area contributed by atoms with Crippen LogP contribution in [0.4, 0.5) is 5.69 Å². The van der Waals surface area contributed by atoms with Crippen molar-refractivity contribution in [3.8, 4) is 5.75 Å². The zero-order valence-corrected chi connectivity index (χ0v) is 10.2. The lowest BCUT2D eigenvalue weighted by atomic mass is 10.3. The number of alkyl halides is 1. The van der Waals surface area contributed by atoms with Crippen LogP contribution in [0.15, 0.2) is 18.2 Å². The number of halogens is 2. The van der Waals surface area contributed by atoms with Gasteiger partial charge in [0.1, 0.15) is 5.75 Å². The molecular formula is C10H10Cl2N2O3. The Morgan fingerprint density at radius 3 is 2.65 bits per heavy atom. The predicted octanol–water partition coefficient (Wildman–Crippen LogP) is 1.34. The molecule has 0 spiro atoms. The summed E-state index contributed by atoms with van der Waals surface area (Å²) in [6, 6.07) is 4.11. The summed E-state index contributed by atoms with van der Waals surface area (Å²) in [6.07, 6.45) is 0. The van der Waals surface area contributed by atoms with E-state index in [4.69, 9.17) is 23.2 Å². The zero-order chi connectivity index (χ0) is 12.8. The minimum absolute atomic E-state index is 0.0727. The van der Waals surface area contributed by atoms with E-state index in [0.717, 1.165) is 0 Å². The number of amides is 2. The van der Waals surface area contributed by atoms with Crippen molar-refractivity contribution in [1.29, 1.82) is 0 Å². The van der Waals surface area contributed by atoms with Crippen LogP contribution < -0.4 is 10.6 Å². The third-order valence-electron chi connectivity index (χ3n) is 1.79. The van der Waals surface area contributed by atoms with Crippen LogP contribution in [-0.4, -0.2) is 29.3 Å². The number of nitrogens with one attached hydrogen (secondary N) is 2. The summed E-state index contributed by atoms with van der Waals surface area (Å²) in [6.45, 7) is 0.190. The van der Waals surface area contributed by atoms with Crippen molar-refractivity contribution in [3.05, 3.63) is 23.2 Å². The van der Waals surface area contributed by atoms with E-state index in [-0.39, 0.29) is 23.9 Å². The Morgan fingerprint density at radius 2 is 2.00 bits per heavy atom. The Bertz CT molecular complexity index is 438. The largest absolute Gasteiger partial charge is 0.506 e. The molecule has 2 amide bonds. The van der Waals surface area contributed by atoms with E-state index < -0.39 is 11.8 Å². The maximum atomic E-state index is 11.4. The summed E-state index contributed by atoms with van der Waals surface area (Å²) in [7, 11) is 0. The van der Waals surface area contributed by atoms with Gasteiger partial charge in [-0.1, -0.05) is 11.6 Å². The molecule has 0 aliphatic rings. The van der Waals surface area contributed by atoms with Gasteiger partial charge in [-0.3, -0.25) is 9.59 Å². The van der Waals surface area contributed by atoms with Gasteiger partial charge in [0.15, 0.2) is 0 Å². The van der Waals surface area contributed by atoms with Crippen LogP contribution in [0.1, 0.15) is 0 Å². The number of carbonyl (C=O) groups is 2. The van der Waals surface area contributed by atoms with Crippen LogP contribution in [-0.2, 0) is 9.59 Å². The van der Waals surface area contributed by atoms with Crippen molar-refractivity contribution in [1.82, 2.24) is 5.32 Å². The van der Waals surface area contributed by atoms with Gasteiger partial charge in [-0.15, -0.1) is 11.6 Å². The van der Waals surface area contributed by atoms with Gasteiger partial charge in [-0.05, 0) is 18.2 Å². The number of hydrogen-bond donors (Lipinski definition) is 3. The van der Waals surface area contributed by atoms with Crippen molar-refractivity contribution in [3.63, 3.8) is 0 Å². The molecule has 0 saturated carbocycles. The molecular weight excluding hydrogens is 267 g/mol. The Morgan fingerprint density at radius 1 is 1.29 bits per heavy atom. The van der Waals surface area contributed by atoms with Gasteiger partial charge in [-0.25, -0.2) is 0 Å². The molecule has 3 N–H and O–H groups in total. The molecule has 0 unspecified atom stereocenters. The molecule has 0 aliphatic heterocycles. The van der Waals surface area contributed by atoms with E-state index in [9.17, 15) is 14.7 Å². The van der Waals surface area contributed by atoms with Gasteiger partial charge in [0, 0.05) is 17.4 Å². The Kier molecular flexibility index (Phi) is 5.06. The van der Waals surface area contributed by atoms with Crippen molar-refractivity contribution >= 4 is 40.7 Å². The average molecular weight is 277 g/mol. The van der Waals surface area contributed by atoms with Gasteiger partial charge in [0.05, 0.1) is 5.69 Å². The highest BCUT2D eigenvalue weighted by atomic mass is 35.5. The van der Waals surface area contributed by atoms with Gasteiger partial charge < -0.3 is 15.7 Å². The highest BCUT2D eigenvalue weighted by Crippen LogP contribution is 2.26. The Balaban J connectivity index is 2.67. The molecule has 1 aromatic rings. The summed E-state index contributed by atoms with van der Waals surface area (Å²) in [4.78, 5) is 22.6. The first kappa shape index (κ1) is 13.6. The second kappa shape index (κ2) is 6.32. The van der Waals surface area contributed by atoms with Crippen molar-refractivity contribution in [2.75, 3.05) is 17.7 Å². The highest BCUT2D eigenvalue weighted by molar-refractivity contribution is 6.40. The molecule has 5 nitrogen and oxygen atoms in total. The highest BCUT2D eigenvalue weighted by Gasteiger charge is 2.14. The molecule has 0 aliphatic carbocycles. The van der Waals surface area contributed by atoms with Crippen LogP contribution in [0.5, 0.6) is 5.75 Å². The molecule has 7 heteroatoms. The van der Waals surface area contributed by atoms with Gasteiger partial charge in [0.25, 0.3) is 0 Å². The lowest BCUT2D eigenvalue weighted by Crippen LogP contribution is -2.36. The molecule has 1 rings (SSSR count). The van der Waals surface area contributed by atoms with E-state index >= 15 is 0 Å². The Hall–Kier alpha value is -1.46. The number of carbonyl (C=O) groups excluding carboxylic acids is 2. The predicted molar refractivity (Wildman–Crippen MR) is 65.5 cm³/mol. The van der Waals surface area contributed by atoms with Gasteiger partial charge in [0.2, 0.25) is 0 Å². The summed E-state index contributed by atoms with van der Waals surface area (Å²) < 4.78 is 0. The third kappa shape index (κ3) is 4.13. The fourth-order valence-corrected chi connectivity index (χ4v) is 1.30. The van der Waals surface area contributed by atoms with Crippen molar-refractivity contribution in [2.24, 2.45) is 0 Å². The normalized spacial score (nSPS) is 9.76. The number of aromatic hydroxyl groups is 1. The molecule has 0 fully saturated rings. The number of phenols is 1. The van der Waals surface area contributed by atoms with E-state index in [1.165, 1.54) is 18.2 Å². The fourth-order valence-electron chi connectivity index (χ4n) is 1.03. The number of hydrogen-bond acceptors (Lipinski definition) is 3. The van der Waals surface area contributed by atoms with Gasteiger partial charge >= 0.3 is 11.8 Å². The monoisotopic (exact) mass is 276 g/mol. The third-order valence-corrected chi connectivity index (χ3v) is 2.22. The van der Waals surface area contributed by atoms with E-state index in [1.807, 2.05) is 0 Å². The van der Waals surface area contributed by atoms with Gasteiger partial charge in [-0.2, -0.15) is 0 Å². The van der Waals surface area contributed by atoms with Crippen LogP contribution >= 0.6 is 23.2 Å². The first-order valence-electron chi connectivity index (χ1n) is 4.68. The van der Waals surface area contributed by atoms with E-state index in [2.05, 4.69) is 10.6 Å². The number of anilines is 1. The topological polar surface area (TPSA) is 78.4 Å². The van der Waals surface area contributed by atoms with Crippen LogP contribution in [0, 0.1) is 0 Å². The summed E-state index contributed by atoms with van der Waals surface area (Å²) >= 11 is 11.0. The maximum Gasteiger partial charge on any atom is 0.313 e. The summed E-state index contributed by atoms with van der Waals surface area (Å²) in [5.74, 6) is -1.69. The molecule has 1 aromatic carbocycles. The van der Waals surface area contributed by atoms with E-state index in [1.54, 1.807) is 0 Å². The van der Waals surface area contributed by atoms with Crippen molar-refractivity contribution in [2.45, 2.75) is 0 Å². The molecule has 0 atom stereocenters. The Labute approximate surface area is 108 Å². The minimum atomic E-state index is -0.896. The molecule has 0 saturated heterocycles. The van der Waals surface area contributed by atoms with Crippen LogP contribution in [0.25, 0.3) is 0 Å². The molecule has 92 valence electrons. The average Bonchev–Trinajstić information content (AvgIpc) is 2.30. The first-order valence-corrected chi connectivity index (χ1v) is 5.59. The maximum absolute atomic E-state index is 11.4. The molecule has 17 heavy (non-hydrogen) atoms. The van der Waals surface area contributed by atoms with Crippen LogP contribution in [0.3, 0.4) is 0 Å². The van der Waals surface area contributed by atoms with Crippen LogP contribution in [0.2, 0.25) is 5.02 Å². The zero-order valence-electron chi connectivity index (χ0n) is 8.67. The number of rotatable bonds is 3. The standard InChI is InChI=1S/C10H10Cl2N2O3/c11-3-4-13-9(16)10(17)14-7-5-6(12)1-2-8(7)15/h1-2,5,15H,3-4H2,(H,13,16)(H,14,17). The molecule has 0 heterocycles. The number of benzene rings is 1. The van der Waals surface area contributed by atoms with Crippen molar-refractivity contribution < 1.29 is 14.7 Å².